The Kier molecular flexibility index (Phi) is 7.53. The molecule has 1 heterocycles. The molecule has 2 amide bonds. The quantitative estimate of drug-likeness (QED) is 0.327. The number of anilines is 2. The van der Waals surface area contributed by atoms with Crippen LogP contribution < -0.4 is 19.7 Å². The SMILES string of the molecule is COc1cc(C=C2SC(=S)N(c3ccccc3C)C2=O)ccc1OCC(=O)Nc1cccc(C)c1. The Balaban J connectivity index is 1.46. The van der Waals surface area contributed by atoms with Crippen LogP contribution >= 0.6 is 24.0 Å². The first-order chi connectivity index (χ1) is 16.9. The van der Waals surface area contributed by atoms with Crippen LogP contribution in [-0.4, -0.2) is 29.9 Å². The van der Waals surface area contributed by atoms with Crippen LogP contribution in [-0.2, 0) is 9.59 Å². The Hall–Kier alpha value is -3.62. The summed E-state index contributed by atoms with van der Waals surface area (Å²) >= 11 is 6.74. The lowest BCUT2D eigenvalue weighted by atomic mass is 10.1. The number of nitrogens with zero attached hydrogens (tertiary/aromatic N) is 1. The van der Waals surface area contributed by atoms with E-state index in [9.17, 15) is 9.59 Å². The zero-order chi connectivity index (χ0) is 24.9. The molecule has 0 saturated carbocycles. The first kappa shape index (κ1) is 24.5. The van der Waals surface area contributed by atoms with Crippen molar-refractivity contribution in [3.8, 4) is 11.5 Å². The van der Waals surface area contributed by atoms with Gasteiger partial charge in [-0.25, -0.2) is 0 Å². The molecule has 1 fully saturated rings. The first-order valence-electron chi connectivity index (χ1n) is 10.9. The number of amides is 2. The van der Waals surface area contributed by atoms with Gasteiger partial charge in [-0.1, -0.05) is 60.4 Å². The van der Waals surface area contributed by atoms with E-state index in [0.29, 0.717) is 26.4 Å². The molecule has 1 aliphatic heterocycles. The summed E-state index contributed by atoms with van der Waals surface area (Å²) in [5, 5.41) is 2.81. The lowest BCUT2D eigenvalue weighted by molar-refractivity contribution is -0.118. The van der Waals surface area contributed by atoms with Gasteiger partial charge in [-0.3, -0.25) is 14.5 Å². The fourth-order valence-electron chi connectivity index (χ4n) is 3.60. The van der Waals surface area contributed by atoms with Crippen LogP contribution in [0.1, 0.15) is 16.7 Å². The maximum absolute atomic E-state index is 13.1. The van der Waals surface area contributed by atoms with Crippen molar-refractivity contribution in [3.05, 3.63) is 88.3 Å². The van der Waals surface area contributed by atoms with Crippen molar-refractivity contribution in [1.29, 1.82) is 0 Å². The molecule has 3 aromatic rings. The third-order valence-electron chi connectivity index (χ3n) is 5.30. The number of nitrogens with one attached hydrogen (secondary N) is 1. The first-order valence-corrected chi connectivity index (χ1v) is 12.1. The summed E-state index contributed by atoms with van der Waals surface area (Å²) in [6.07, 6.45) is 1.77. The van der Waals surface area contributed by atoms with E-state index in [-0.39, 0.29) is 18.4 Å². The fraction of sp³-hybridized carbons (Fsp3) is 0.148. The van der Waals surface area contributed by atoms with Gasteiger partial charge in [0.15, 0.2) is 22.4 Å². The molecule has 6 nitrogen and oxygen atoms in total. The zero-order valence-electron chi connectivity index (χ0n) is 19.5. The molecule has 178 valence electrons. The standard InChI is InChI=1S/C27H24N2O4S2/c1-17-7-6-9-20(13-17)28-25(30)16-33-22-12-11-19(14-23(22)32-3)15-24-26(31)29(27(34)35-24)21-10-5-4-8-18(21)2/h4-15H,16H2,1-3H3,(H,28,30). The Bertz CT molecular complexity index is 1340. The van der Waals surface area contributed by atoms with Crippen molar-refractivity contribution in [1.82, 2.24) is 0 Å². The van der Waals surface area contributed by atoms with Crippen LogP contribution in [0.25, 0.3) is 6.08 Å². The van der Waals surface area contributed by atoms with E-state index < -0.39 is 0 Å². The Morgan fingerprint density at radius 3 is 2.60 bits per heavy atom. The molecule has 0 aliphatic carbocycles. The van der Waals surface area contributed by atoms with Gasteiger partial charge >= 0.3 is 0 Å². The highest BCUT2D eigenvalue weighted by Gasteiger charge is 2.34. The number of hydrogen-bond donors (Lipinski definition) is 1. The van der Waals surface area contributed by atoms with Crippen LogP contribution in [0.5, 0.6) is 11.5 Å². The topological polar surface area (TPSA) is 67.9 Å². The molecule has 0 atom stereocenters. The number of aryl methyl sites for hydroxylation is 2. The van der Waals surface area contributed by atoms with Gasteiger partial charge in [0.05, 0.1) is 17.7 Å². The summed E-state index contributed by atoms with van der Waals surface area (Å²) < 4.78 is 11.6. The third kappa shape index (κ3) is 5.72. The number of para-hydroxylation sites is 1. The third-order valence-corrected chi connectivity index (χ3v) is 6.60. The molecule has 4 rings (SSSR count). The Morgan fingerprint density at radius 1 is 1.06 bits per heavy atom. The number of benzene rings is 3. The number of thioether (sulfide) groups is 1. The van der Waals surface area contributed by atoms with E-state index in [1.54, 1.807) is 29.2 Å². The molecule has 1 N–H and O–H groups in total. The molecule has 0 spiro atoms. The molecule has 8 heteroatoms. The average molecular weight is 505 g/mol. The highest BCUT2D eigenvalue weighted by Crippen LogP contribution is 2.38. The van der Waals surface area contributed by atoms with Crippen LogP contribution in [0.15, 0.2) is 71.6 Å². The van der Waals surface area contributed by atoms with E-state index in [1.165, 1.54) is 18.9 Å². The number of hydrogen-bond acceptors (Lipinski definition) is 6. The number of methoxy groups -OCH3 is 1. The molecule has 0 unspecified atom stereocenters. The Morgan fingerprint density at radius 2 is 1.86 bits per heavy atom. The fourth-order valence-corrected chi connectivity index (χ4v) is 4.88. The Labute approximate surface area is 213 Å². The van der Waals surface area contributed by atoms with Gasteiger partial charge in [-0.05, 0) is 66.9 Å². The van der Waals surface area contributed by atoms with Crippen molar-refractivity contribution in [2.24, 2.45) is 0 Å². The van der Waals surface area contributed by atoms with E-state index >= 15 is 0 Å². The van der Waals surface area contributed by atoms with Gasteiger partial charge in [0.25, 0.3) is 11.8 Å². The maximum atomic E-state index is 13.1. The largest absolute Gasteiger partial charge is 0.493 e. The van der Waals surface area contributed by atoms with E-state index in [4.69, 9.17) is 21.7 Å². The highest BCUT2D eigenvalue weighted by molar-refractivity contribution is 8.27. The van der Waals surface area contributed by atoms with E-state index in [2.05, 4.69) is 5.32 Å². The summed E-state index contributed by atoms with van der Waals surface area (Å²) in [5.74, 6) is 0.441. The predicted molar refractivity (Wildman–Crippen MR) is 145 cm³/mol. The molecule has 35 heavy (non-hydrogen) atoms. The summed E-state index contributed by atoms with van der Waals surface area (Å²) in [7, 11) is 1.52. The molecule has 0 aromatic heterocycles. The smallest absolute Gasteiger partial charge is 0.270 e. The summed E-state index contributed by atoms with van der Waals surface area (Å²) in [6, 6.07) is 20.5. The van der Waals surface area contributed by atoms with Crippen molar-refractivity contribution >= 4 is 57.6 Å². The average Bonchev–Trinajstić information content (AvgIpc) is 3.11. The molecule has 1 aliphatic rings. The molecule has 0 bridgehead atoms. The second-order valence-electron chi connectivity index (χ2n) is 7.92. The monoisotopic (exact) mass is 504 g/mol. The minimum Gasteiger partial charge on any atom is -0.493 e. The minimum absolute atomic E-state index is 0.165. The number of thiocarbonyl (C=S) groups is 1. The second kappa shape index (κ2) is 10.8. The van der Waals surface area contributed by atoms with Gasteiger partial charge in [0.1, 0.15) is 0 Å². The van der Waals surface area contributed by atoms with Crippen LogP contribution in [0.2, 0.25) is 0 Å². The molecule has 1 saturated heterocycles. The normalized spacial score (nSPS) is 14.4. The summed E-state index contributed by atoms with van der Waals surface area (Å²) in [6.45, 7) is 3.74. The van der Waals surface area contributed by atoms with Gasteiger partial charge in [-0.15, -0.1) is 0 Å². The number of rotatable bonds is 7. The van der Waals surface area contributed by atoms with Crippen molar-refractivity contribution in [2.45, 2.75) is 13.8 Å². The molecule has 0 radical (unpaired) electrons. The lowest BCUT2D eigenvalue weighted by Crippen LogP contribution is -2.28. The summed E-state index contributed by atoms with van der Waals surface area (Å²) in [4.78, 5) is 27.5. The van der Waals surface area contributed by atoms with Crippen molar-refractivity contribution in [2.75, 3.05) is 23.9 Å². The van der Waals surface area contributed by atoms with Crippen molar-refractivity contribution in [3.63, 3.8) is 0 Å². The van der Waals surface area contributed by atoms with Crippen LogP contribution in [0, 0.1) is 13.8 Å². The minimum atomic E-state index is -0.276. The van der Waals surface area contributed by atoms with Gasteiger partial charge < -0.3 is 14.8 Å². The highest BCUT2D eigenvalue weighted by atomic mass is 32.2. The van der Waals surface area contributed by atoms with Crippen LogP contribution in [0.4, 0.5) is 11.4 Å². The van der Waals surface area contributed by atoms with E-state index in [1.807, 2.05) is 62.4 Å². The zero-order valence-corrected chi connectivity index (χ0v) is 21.2. The predicted octanol–water partition coefficient (Wildman–Crippen LogP) is 5.74. The van der Waals surface area contributed by atoms with Gasteiger partial charge in [0, 0.05) is 5.69 Å². The number of carbonyl (C=O) groups is 2. The molecular weight excluding hydrogens is 480 g/mol. The van der Waals surface area contributed by atoms with E-state index in [0.717, 1.165) is 22.4 Å². The molecular formula is C27H24N2O4S2. The van der Waals surface area contributed by atoms with Crippen LogP contribution in [0.3, 0.4) is 0 Å². The number of ether oxygens (including phenoxy) is 2. The second-order valence-corrected chi connectivity index (χ2v) is 9.60. The number of carbonyl (C=O) groups excluding carboxylic acids is 2. The van der Waals surface area contributed by atoms with Gasteiger partial charge in [0.2, 0.25) is 0 Å². The summed E-state index contributed by atoms with van der Waals surface area (Å²) in [5.41, 5.74) is 4.27. The maximum Gasteiger partial charge on any atom is 0.270 e. The van der Waals surface area contributed by atoms with Crippen molar-refractivity contribution < 1.29 is 19.1 Å². The lowest BCUT2D eigenvalue weighted by Gasteiger charge is -2.16. The van der Waals surface area contributed by atoms with Gasteiger partial charge in [-0.2, -0.15) is 0 Å². The molecule has 3 aromatic carbocycles.